The Balaban J connectivity index is 0.00000121. The highest BCUT2D eigenvalue weighted by molar-refractivity contribution is 5.69. The van der Waals surface area contributed by atoms with Gasteiger partial charge in [-0.15, -0.1) is 0 Å². The monoisotopic (exact) mass is 236 g/mol. The first-order valence-electron chi connectivity index (χ1n) is 6.33. The second kappa shape index (κ2) is 8.80. The van der Waals surface area contributed by atoms with Crippen LogP contribution in [0.5, 0.6) is 0 Å². The minimum absolute atomic E-state index is 0.142. The fourth-order valence-electron chi connectivity index (χ4n) is 1.73. The lowest BCUT2D eigenvalue weighted by Gasteiger charge is -2.09. The van der Waals surface area contributed by atoms with E-state index in [1.54, 1.807) is 0 Å². The molecule has 0 unspecified atom stereocenters. The van der Waals surface area contributed by atoms with Crippen LogP contribution in [0.2, 0.25) is 0 Å². The van der Waals surface area contributed by atoms with Crippen molar-refractivity contribution in [3.05, 3.63) is 34.9 Å². The second-order valence-corrected chi connectivity index (χ2v) is 3.63. The first kappa shape index (κ1) is 15.7. The van der Waals surface area contributed by atoms with Gasteiger partial charge < -0.3 is 4.74 Å². The van der Waals surface area contributed by atoms with Crippen LogP contribution in [0.4, 0.5) is 0 Å². The summed E-state index contributed by atoms with van der Waals surface area (Å²) in [7, 11) is 1.43. The van der Waals surface area contributed by atoms with Crippen LogP contribution in [0.15, 0.2) is 18.2 Å². The lowest BCUT2D eigenvalue weighted by Crippen LogP contribution is -2.03. The summed E-state index contributed by atoms with van der Waals surface area (Å²) in [5.74, 6) is -0.142. The van der Waals surface area contributed by atoms with Crippen molar-refractivity contribution in [2.24, 2.45) is 0 Å². The largest absolute Gasteiger partial charge is 0.469 e. The van der Waals surface area contributed by atoms with E-state index in [4.69, 9.17) is 0 Å². The second-order valence-electron chi connectivity index (χ2n) is 3.63. The Bertz CT molecular complexity index is 343. The molecule has 96 valence electrons. The molecular formula is C15H24O2. The van der Waals surface area contributed by atoms with Gasteiger partial charge in [-0.2, -0.15) is 0 Å². The Morgan fingerprint density at radius 3 is 2.35 bits per heavy atom. The standard InChI is InChI=1S/C13H18O2.C2H6/c1-4-11-6-5-7-12(10(11)2)8-9-13(14)15-3;1-2/h5-7H,4,8-9H2,1-3H3;1-2H3. The quantitative estimate of drug-likeness (QED) is 0.745. The topological polar surface area (TPSA) is 26.3 Å². The number of carbonyl (C=O) groups is 1. The summed E-state index contributed by atoms with van der Waals surface area (Å²) in [6.45, 7) is 8.26. The Kier molecular flexibility index (Phi) is 8.12. The Morgan fingerprint density at radius 2 is 1.82 bits per heavy atom. The zero-order chi connectivity index (χ0) is 13.3. The number of aryl methyl sites for hydroxylation is 2. The highest BCUT2D eigenvalue weighted by Crippen LogP contribution is 2.16. The summed E-state index contributed by atoms with van der Waals surface area (Å²) in [5.41, 5.74) is 3.92. The van der Waals surface area contributed by atoms with Gasteiger partial charge in [-0.25, -0.2) is 0 Å². The maximum absolute atomic E-state index is 11.0. The van der Waals surface area contributed by atoms with E-state index in [0.717, 1.165) is 12.8 Å². The molecule has 1 aromatic rings. The fraction of sp³-hybridized carbons (Fsp3) is 0.533. The van der Waals surface area contributed by atoms with Crippen LogP contribution in [0.3, 0.4) is 0 Å². The summed E-state index contributed by atoms with van der Waals surface area (Å²) in [4.78, 5) is 11.0. The first-order chi connectivity index (χ1) is 8.19. The van der Waals surface area contributed by atoms with E-state index in [-0.39, 0.29) is 5.97 Å². The molecule has 0 aliphatic rings. The molecule has 0 radical (unpaired) electrons. The molecule has 0 N–H and O–H groups in total. The number of hydrogen-bond donors (Lipinski definition) is 0. The van der Waals surface area contributed by atoms with Crippen molar-refractivity contribution in [3.63, 3.8) is 0 Å². The highest BCUT2D eigenvalue weighted by Gasteiger charge is 2.05. The molecule has 2 heteroatoms. The van der Waals surface area contributed by atoms with Crippen LogP contribution in [0.25, 0.3) is 0 Å². The maximum Gasteiger partial charge on any atom is 0.305 e. The molecule has 0 saturated carbocycles. The third-order valence-electron chi connectivity index (χ3n) is 2.77. The van der Waals surface area contributed by atoms with E-state index in [2.05, 4.69) is 36.8 Å². The zero-order valence-electron chi connectivity index (χ0n) is 11.7. The Hall–Kier alpha value is -1.31. The van der Waals surface area contributed by atoms with Crippen molar-refractivity contribution < 1.29 is 9.53 Å². The molecule has 0 atom stereocenters. The van der Waals surface area contributed by atoms with E-state index in [1.807, 2.05) is 13.8 Å². The van der Waals surface area contributed by atoms with Crippen LogP contribution in [0, 0.1) is 6.92 Å². The van der Waals surface area contributed by atoms with Gasteiger partial charge in [0.2, 0.25) is 0 Å². The van der Waals surface area contributed by atoms with Gasteiger partial charge in [-0.05, 0) is 36.5 Å². The summed E-state index contributed by atoms with van der Waals surface area (Å²) < 4.78 is 4.63. The Morgan fingerprint density at radius 1 is 1.24 bits per heavy atom. The van der Waals surface area contributed by atoms with E-state index in [0.29, 0.717) is 6.42 Å². The van der Waals surface area contributed by atoms with Crippen molar-refractivity contribution in [1.82, 2.24) is 0 Å². The number of ether oxygens (including phenoxy) is 1. The molecule has 0 heterocycles. The van der Waals surface area contributed by atoms with Crippen LogP contribution in [0.1, 0.15) is 43.9 Å². The molecule has 0 aromatic heterocycles. The fourth-order valence-corrected chi connectivity index (χ4v) is 1.73. The van der Waals surface area contributed by atoms with Gasteiger partial charge in [-0.1, -0.05) is 39.0 Å². The van der Waals surface area contributed by atoms with Crippen LogP contribution >= 0.6 is 0 Å². The average Bonchev–Trinajstić information content (AvgIpc) is 2.39. The number of esters is 1. The van der Waals surface area contributed by atoms with E-state index in [9.17, 15) is 4.79 Å². The van der Waals surface area contributed by atoms with Crippen LogP contribution < -0.4 is 0 Å². The summed E-state index contributed by atoms with van der Waals surface area (Å²) in [5, 5.41) is 0. The Labute approximate surface area is 105 Å². The van der Waals surface area contributed by atoms with Crippen molar-refractivity contribution in [1.29, 1.82) is 0 Å². The minimum atomic E-state index is -0.142. The molecule has 0 saturated heterocycles. The number of rotatable bonds is 4. The van der Waals surface area contributed by atoms with Gasteiger partial charge in [0.15, 0.2) is 0 Å². The van der Waals surface area contributed by atoms with Crippen molar-refractivity contribution in [3.8, 4) is 0 Å². The van der Waals surface area contributed by atoms with Crippen LogP contribution in [-0.2, 0) is 22.4 Å². The van der Waals surface area contributed by atoms with E-state index < -0.39 is 0 Å². The molecule has 0 aliphatic heterocycles. The van der Waals surface area contributed by atoms with Gasteiger partial charge in [0.1, 0.15) is 0 Å². The van der Waals surface area contributed by atoms with Gasteiger partial charge in [0.05, 0.1) is 7.11 Å². The van der Waals surface area contributed by atoms with Gasteiger partial charge in [-0.3, -0.25) is 4.79 Å². The lowest BCUT2D eigenvalue weighted by molar-refractivity contribution is -0.140. The molecule has 0 fully saturated rings. The predicted molar refractivity (Wildman–Crippen MR) is 72.2 cm³/mol. The predicted octanol–water partition coefficient (Wildman–Crippen LogP) is 3.69. The molecule has 0 bridgehead atoms. The smallest absolute Gasteiger partial charge is 0.305 e. The SMILES string of the molecule is CC.CCc1cccc(CCC(=O)OC)c1C. The van der Waals surface area contributed by atoms with Crippen molar-refractivity contribution >= 4 is 5.97 Å². The zero-order valence-corrected chi connectivity index (χ0v) is 11.7. The van der Waals surface area contributed by atoms with Crippen LogP contribution in [-0.4, -0.2) is 13.1 Å². The molecule has 2 nitrogen and oxygen atoms in total. The summed E-state index contributed by atoms with van der Waals surface area (Å²) in [6.07, 6.45) is 2.27. The number of benzene rings is 1. The number of carbonyl (C=O) groups excluding carboxylic acids is 1. The molecule has 0 spiro atoms. The van der Waals surface area contributed by atoms with Gasteiger partial charge in [0.25, 0.3) is 0 Å². The average molecular weight is 236 g/mol. The molecule has 1 rings (SSSR count). The number of methoxy groups -OCH3 is 1. The highest BCUT2D eigenvalue weighted by atomic mass is 16.5. The van der Waals surface area contributed by atoms with E-state index >= 15 is 0 Å². The lowest BCUT2D eigenvalue weighted by atomic mass is 9.97. The van der Waals surface area contributed by atoms with E-state index in [1.165, 1.54) is 23.8 Å². The first-order valence-corrected chi connectivity index (χ1v) is 6.33. The molecule has 0 aliphatic carbocycles. The molecule has 1 aromatic carbocycles. The normalized spacial score (nSPS) is 9.24. The van der Waals surface area contributed by atoms with Gasteiger partial charge in [0, 0.05) is 6.42 Å². The van der Waals surface area contributed by atoms with Crippen molar-refractivity contribution in [2.75, 3.05) is 7.11 Å². The molecule has 0 amide bonds. The molecular weight excluding hydrogens is 212 g/mol. The van der Waals surface area contributed by atoms with Crippen molar-refractivity contribution in [2.45, 2.75) is 47.0 Å². The number of hydrogen-bond acceptors (Lipinski definition) is 2. The minimum Gasteiger partial charge on any atom is -0.469 e. The third-order valence-corrected chi connectivity index (χ3v) is 2.77. The maximum atomic E-state index is 11.0. The van der Waals surface area contributed by atoms with Gasteiger partial charge >= 0.3 is 5.97 Å². The summed E-state index contributed by atoms with van der Waals surface area (Å²) in [6, 6.07) is 6.27. The summed E-state index contributed by atoms with van der Waals surface area (Å²) >= 11 is 0. The molecule has 17 heavy (non-hydrogen) atoms. The third kappa shape index (κ3) is 5.03.